The summed E-state index contributed by atoms with van der Waals surface area (Å²) in [5.41, 5.74) is 7.45. The van der Waals surface area contributed by atoms with E-state index in [1.807, 2.05) is 45.8 Å². The second-order valence-electron chi connectivity index (χ2n) is 11.5. The number of hydrogen-bond acceptors (Lipinski definition) is 5. The summed E-state index contributed by atoms with van der Waals surface area (Å²) >= 11 is 0. The maximum atomic E-state index is 4.76. The Balaban J connectivity index is 1.24. The first-order valence-electron chi connectivity index (χ1n) is 15.8. The molecule has 3 heterocycles. The zero-order valence-electron chi connectivity index (χ0n) is 25.9. The van der Waals surface area contributed by atoms with E-state index in [0.29, 0.717) is 12.4 Å². The van der Waals surface area contributed by atoms with Crippen LogP contribution in [0.4, 0.5) is 0 Å². The number of nitrogens with zero attached hydrogens (tertiary/aromatic N) is 8. The van der Waals surface area contributed by atoms with E-state index >= 15 is 0 Å². The van der Waals surface area contributed by atoms with Crippen molar-refractivity contribution in [1.82, 2.24) is 39.6 Å². The zero-order valence-corrected chi connectivity index (χ0v) is 25.9. The highest BCUT2D eigenvalue weighted by Crippen LogP contribution is 2.43. The first-order valence-corrected chi connectivity index (χ1v) is 15.8. The van der Waals surface area contributed by atoms with Crippen molar-refractivity contribution < 1.29 is 0 Å². The molecule has 0 atom stereocenters. The van der Waals surface area contributed by atoms with Crippen LogP contribution in [0.1, 0.15) is 35.0 Å². The van der Waals surface area contributed by atoms with Crippen LogP contribution in [0.2, 0.25) is 0 Å². The van der Waals surface area contributed by atoms with E-state index in [-0.39, 0.29) is 0 Å². The van der Waals surface area contributed by atoms with E-state index in [2.05, 4.69) is 142 Å². The Morgan fingerprint density at radius 3 is 1.79 bits per heavy atom. The van der Waals surface area contributed by atoms with Crippen molar-refractivity contribution in [2.45, 2.75) is 25.4 Å². The fourth-order valence-electron chi connectivity index (χ4n) is 6.53. The normalized spacial score (nSPS) is 11.7. The third kappa shape index (κ3) is 4.91. The summed E-state index contributed by atoms with van der Waals surface area (Å²) in [4.78, 5) is 4.58. The summed E-state index contributed by atoms with van der Waals surface area (Å²) in [6, 6.07) is 50.4. The molecule has 47 heavy (non-hydrogen) atoms. The van der Waals surface area contributed by atoms with Crippen LogP contribution < -0.4 is 0 Å². The number of rotatable bonds is 9. The molecule has 0 aliphatic heterocycles. The quantitative estimate of drug-likeness (QED) is 0.160. The van der Waals surface area contributed by atoms with Gasteiger partial charge >= 0.3 is 0 Å². The van der Waals surface area contributed by atoms with E-state index < -0.39 is 5.54 Å². The zero-order chi connectivity index (χ0) is 31.6. The molecule has 8 nitrogen and oxygen atoms in total. The van der Waals surface area contributed by atoms with Gasteiger partial charge in [0, 0.05) is 24.2 Å². The summed E-state index contributed by atoms with van der Waals surface area (Å²) in [7, 11) is 0. The fraction of sp³-hybridized carbons (Fsp3) is 0.103. The Morgan fingerprint density at radius 2 is 1.19 bits per heavy atom. The first-order chi connectivity index (χ1) is 23.3. The van der Waals surface area contributed by atoms with Crippen LogP contribution in [0.5, 0.6) is 0 Å². The van der Waals surface area contributed by atoms with Gasteiger partial charge in [-0.3, -0.25) is 4.68 Å². The average Bonchev–Trinajstić information content (AvgIpc) is 3.88. The van der Waals surface area contributed by atoms with Gasteiger partial charge < -0.3 is 0 Å². The second kappa shape index (κ2) is 12.0. The molecule has 0 amide bonds. The van der Waals surface area contributed by atoms with E-state index in [4.69, 9.17) is 10.3 Å². The van der Waals surface area contributed by atoms with Gasteiger partial charge in [-0.2, -0.15) is 4.63 Å². The summed E-state index contributed by atoms with van der Waals surface area (Å²) in [6.45, 7) is 2.75. The van der Waals surface area contributed by atoms with Crippen LogP contribution in [0.3, 0.4) is 0 Å². The molecule has 0 unspecified atom stereocenters. The molecule has 0 saturated heterocycles. The number of hydrogen-bond donors (Lipinski definition) is 0. The van der Waals surface area contributed by atoms with Gasteiger partial charge in [-0.15, -0.1) is 10.2 Å². The van der Waals surface area contributed by atoms with E-state index in [0.717, 1.165) is 51.3 Å². The van der Waals surface area contributed by atoms with Crippen LogP contribution in [0.25, 0.3) is 28.2 Å². The number of tetrazole rings is 1. The van der Waals surface area contributed by atoms with Gasteiger partial charge in [0.1, 0.15) is 5.54 Å². The minimum absolute atomic E-state index is 0.675. The highest BCUT2D eigenvalue weighted by molar-refractivity contribution is 5.81. The predicted molar refractivity (Wildman–Crippen MR) is 183 cm³/mol. The molecule has 0 saturated carbocycles. The van der Waals surface area contributed by atoms with Gasteiger partial charge in [-0.25, -0.2) is 9.67 Å². The highest BCUT2D eigenvalue weighted by atomic mass is 15.6. The Hall–Kier alpha value is -6.15. The SMILES string of the molecule is CCc1nc2ccn(Cc3ccc(-c4ccccc4-c4nnnn4C(c4ccccc4)(c4ccccc4)c4ccccc4)cc3)n2n1. The maximum absolute atomic E-state index is 4.76. The summed E-state index contributed by atoms with van der Waals surface area (Å²) in [5, 5.41) is 18.4. The monoisotopic (exact) mass is 612 g/mol. The van der Waals surface area contributed by atoms with Crippen LogP contribution in [-0.2, 0) is 18.5 Å². The molecule has 0 fully saturated rings. The average molecular weight is 613 g/mol. The van der Waals surface area contributed by atoms with Crippen LogP contribution in [0, 0.1) is 0 Å². The maximum Gasteiger partial charge on any atom is 0.184 e. The van der Waals surface area contributed by atoms with Gasteiger partial charge in [0.15, 0.2) is 17.3 Å². The third-order valence-corrected chi connectivity index (χ3v) is 8.75. The largest absolute Gasteiger partial charge is 0.266 e. The first kappa shape index (κ1) is 28.3. The van der Waals surface area contributed by atoms with Crippen molar-refractivity contribution in [2.75, 3.05) is 0 Å². The van der Waals surface area contributed by atoms with Crippen molar-refractivity contribution in [2.24, 2.45) is 0 Å². The lowest BCUT2D eigenvalue weighted by Crippen LogP contribution is -2.39. The second-order valence-corrected chi connectivity index (χ2v) is 11.5. The summed E-state index contributed by atoms with van der Waals surface area (Å²) in [5.74, 6) is 1.52. The molecular formula is C39H32N8. The van der Waals surface area contributed by atoms with Gasteiger partial charge in [0.2, 0.25) is 0 Å². The van der Waals surface area contributed by atoms with Crippen molar-refractivity contribution in [3.05, 3.63) is 180 Å². The Morgan fingerprint density at radius 1 is 0.617 bits per heavy atom. The minimum Gasteiger partial charge on any atom is -0.266 e. The predicted octanol–water partition coefficient (Wildman–Crippen LogP) is 7.30. The Kier molecular flexibility index (Phi) is 7.22. The van der Waals surface area contributed by atoms with Crippen LogP contribution in [0.15, 0.2) is 152 Å². The Labute approximate surface area is 272 Å². The molecule has 8 heteroatoms. The molecule has 8 aromatic rings. The fourth-order valence-corrected chi connectivity index (χ4v) is 6.53. The molecule has 228 valence electrons. The summed E-state index contributed by atoms with van der Waals surface area (Å²) < 4.78 is 5.94. The molecule has 0 radical (unpaired) electrons. The Bertz CT molecular complexity index is 2150. The number of aromatic nitrogens is 8. The van der Waals surface area contributed by atoms with Crippen molar-refractivity contribution in [1.29, 1.82) is 0 Å². The van der Waals surface area contributed by atoms with Crippen molar-refractivity contribution >= 4 is 5.65 Å². The molecule has 0 bridgehead atoms. The van der Waals surface area contributed by atoms with Crippen molar-refractivity contribution in [3.8, 4) is 22.5 Å². The lowest BCUT2D eigenvalue weighted by atomic mass is 9.77. The molecule has 0 spiro atoms. The standard InChI is InChI=1S/C39H32N8/c1-2-36-40-37-26-27-45(47(37)42-36)28-29-22-24-30(25-23-29)34-20-12-13-21-35(34)38-41-43-44-46(38)39(31-14-6-3-7-15-31,32-16-8-4-9-17-32)33-18-10-5-11-19-33/h3-27H,2,28H2,1H3. The third-order valence-electron chi connectivity index (χ3n) is 8.75. The minimum atomic E-state index is -0.833. The molecule has 0 aliphatic carbocycles. The molecular weight excluding hydrogens is 580 g/mol. The lowest BCUT2D eigenvalue weighted by molar-refractivity contribution is 0.451. The lowest BCUT2D eigenvalue weighted by Gasteiger charge is -2.36. The number of benzene rings is 5. The molecule has 5 aromatic carbocycles. The highest BCUT2D eigenvalue weighted by Gasteiger charge is 2.42. The number of aryl methyl sites for hydroxylation is 1. The van der Waals surface area contributed by atoms with E-state index in [1.165, 1.54) is 5.56 Å². The molecule has 0 N–H and O–H groups in total. The van der Waals surface area contributed by atoms with Crippen molar-refractivity contribution in [3.63, 3.8) is 0 Å². The van der Waals surface area contributed by atoms with E-state index in [1.54, 1.807) is 0 Å². The van der Waals surface area contributed by atoms with Gasteiger partial charge in [-0.05, 0) is 43.8 Å². The number of fused-ring (bicyclic) bond motifs is 1. The molecule has 3 aromatic heterocycles. The summed E-state index contributed by atoms with van der Waals surface area (Å²) in [6.07, 6.45) is 2.83. The van der Waals surface area contributed by atoms with Gasteiger partial charge in [-0.1, -0.05) is 146 Å². The van der Waals surface area contributed by atoms with Gasteiger partial charge in [0.05, 0.1) is 6.54 Å². The topological polar surface area (TPSA) is 78.7 Å². The van der Waals surface area contributed by atoms with Crippen LogP contribution in [-0.4, -0.2) is 39.6 Å². The smallest absolute Gasteiger partial charge is 0.184 e. The molecule has 8 rings (SSSR count). The van der Waals surface area contributed by atoms with Gasteiger partial charge in [0.25, 0.3) is 0 Å². The molecule has 0 aliphatic rings. The van der Waals surface area contributed by atoms with E-state index in [9.17, 15) is 0 Å². The van der Waals surface area contributed by atoms with Crippen LogP contribution >= 0.6 is 0 Å².